The third kappa shape index (κ3) is 6.09. The molecule has 31 heavy (non-hydrogen) atoms. The van der Waals surface area contributed by atoms with Crippen LogP contribution in [0.4, 0.5) is 0 Å². The predicted octanol–water partition coefficient (Wildman–Crippen LogP) is 4.80. The molecule has 9 heteroatoms. The van der Waals surface area contributed by atoms with E-state index in [0.29, 0.717) is 27.3 Å². The zero-order valence-corrected chi connectivity index (χ0v) is 20.1. The van der Waals surface area contributed by atoms with E-state index in [1.54, 1.807) is 25.3 Å². The summed E-state index contributed by atoms with van der Waals surface area (Å²) in [6.07, 6.45) is 1.84. The molecule has 1 saturated heterocycles. The molecule has 0 atom stereocenters. The van der Waals surface area contributed by atoms with Crippen molar-refractivity contribution in [3.05, 3.63) is 63.0 Å². The Morgan fingerprint density at radius 1 is 1.19 bits per heavy atom. The van der Waals surface area contributed by atoms with Gasteiger partial charge in [0.25, 0.3) is 5.91 Å². The van der Waals surface area contributed by atoms with Gasteiger partial charge in [-0.15, -0.1) is 0 Å². The molecule has 6 nitrogen and oxygen atoms in total. The van der Waals surface area contributed by atoms with Gasteiger partial charge in [0, 0.05) is 11.0 Å². The van der Waals surface area contributed by atoms with E-state index < -0.39 is 0 Å². The van der Waals surface area contributed by atoms with Gasteiger partial charge in [0.15, 0.2) is 11.5 Å². The molecule has 0 spiro atoms. The molecule has 1 aliphatic rings. The van der Waals surface area contributed by atoms with E-state index in [-0.39, 0.29) is 24.8 Å². The first-order valence-electron chi connectivity index (χ1n) is 9.28. The Balaban J connectivity index is 1.71. The SMILES string of the molecule is COC(=O)CCN1C(=O)/C(=C\c2ccc(OCc3cccc(Br)c3)c(OC)c2)SC1=S. The quantitative estimate of drug-likeness (QED) is 0.280. The van der Waals surface area contributed by atoms with Crippen molar-refractivity contribution in [1.82, 2.24) is 4.90 Å². The van der Waals surface area contributed by atoms with Crippen LogP contribution in [0.2, 0.25) is 0 Å². The number of carbonyl (C=O) groups is 2. The minimum Gasteiger partial charge on any atom is -0.493 e. The second kappa shape index (κ2) is 10.8. The topological polar surface area (TPSA) is 65.1 Å². The lowest BCUT2D eigenvalue weighted by molar-refractivity contribution is -0.140. The molecule has 1 heterocycles. The Labute approximate surface area is 198 Å². The van der Waals surface area contributed by atoms with Gasteiger partial charge in [0.2, 0.25) is 0 Å². The summed E-state index contributed by atoms with van der Waals surface area (Å²) in [5.74, 6) is 0.546. The number of halogens is 1. The molecule has 0 saturated carbocycles. The maximum atomic E-state index is 12.7. The highest BCUT2D eigenvalue weighted by Gasteiger charge is 2.32. The Morgan fingerprint density at radius 3 is 2.71 bits per heavy atom. The molecule has 1 aliphatic heterocycles. The predicted molar refractivity (Wildman–Crippen MR) is 128 cm³/mol. The van der Waals surface area contributed by atoms with Crippen molar-refractivity contribution in [2.75, 3.05) is 20.8 Å². The third-order valence-electron chi connectivity index (χ3n) is 4.41. The highest BCUT2D eigenvalue weighted by molar-refractivity contribution is 9.10. The Bertz CT molecular complexity index is 1040. The molecule has 162 valence electrons. The van der Waals surface area contributed by atoms with Gasteiger partial charge in [-0.05, 0) is 41.5 Å². The molecule has 2 aromatic rings. The number of methoxy groups -OCH3 is 2. The number of thiocarbonyl (C=S) groups is 1. The number of amides is 1. The van der Waals surface area contributed by atoms with Gasteiger partial charge in [0.1, 0.15) is 10.9 Å². The number of hydrogen-bond acceptors (Lipinski definition) is 7. The summed E-state index contributed by atoms with van der Waals surface area (Å²) in [5, 5.41) is 0. The normalized spacial score (nSPS) is 14.8. The summed E-state index contributed by atoms with van der Waals surface area (Å²) in [5.41, 5.74) is 1.80. The average molecular weight is 522 g/mol. The molecular formula is C22H20BrNO5S2. The van der Waals surface area contributed by atoms with Gasteiger partial charge in [-0.3, -0.25) is 14.5 Å². The molecule has 0 bridgehead atoms. The van der Waals surface area contributed by atoms with Crippen molar-refractivity contribution >= 4 is 62.2 Å². The highest BCUT2D eigenvalue weighted by Crippen LogP contribution is 2.35. The summed E-state index contributed by atoms with van der Waals surface area (Å²) >= 11 is 9.94. The van der Waals surface area contributed by atoms with Crippen LogP contribution in [0.15, 0.2) is 51.8 Å². The van der Waals surface area contributed by atoms with Crippen LogP contribution in [0.1, 0.15) is 17.5 Å². The third-order valence-corrected chi connectivity index (χ3v) is 6.28. The van der Waals surface area contributed by atoms with Crippen molar-refractivity contribution in [2.24, 2.45) is 0 Å². The first kappa shape index (κ1) is 23.3. The summed E-state index contributed by atoms with van der Waals surface area (Å²) in [4.78, 5) is 25.9. The number of rotatable bonds is 8. The largest absolute Gasteiger partial charge is 0.493 e. The Morgan fingerprint density at radius 2 is 2.00 bits per heavy atom. The number of esters is 1. The number of thioether (sulfide) groups is 1. The van der Waals surface area contributed by atoms with E-state index >= 15 is 0 Å². The average Bonchev–Trinajstić information content (AvgIpc) is 3.03. The van der Waals surface area contributed by atoms with Crippen molar-refractivity contribution in [3.8, 4) is 11.5 Å². The summed E-state index contributed by atoms with van der Waals surface area (Å²) in [6.45, 7) is 0.592. The molecule has 3 rings (SSSR count). The molecular weight excluding hydrogens is 502 g/mol. The van der Waals surface area contributed by atoms with Crippen LogP contribution < -0.4 is 9.47 Å². The molecule has 0 aromatic heterocycles. The van der Waals surface area contributed by atoms with Crippen LogP contribution in [-0.4, -0.2) is 41.9 Å². The highest BCUT2D eigenvalue weighted by atomic mass is 79.9. The van der Waals surface area contributed by atoms with Crippen molar-refractivity contribution < 1.29 is 23.8 Å². The van der Waals surface area contributed by atoms with Crippen LogP contribution in [0.25, 0.3) is 6.08 Å². The zero-order valence-electron chi connectivity index (χ0n) is 16.9. The van der Waals surface area contributed by atoms with E-state index in [2.05, 4.69) is 20.7 Å². The lowest BCUT2D eigenvalue weighted by Gasteiger charge is -2.13. The molecule has 0 N–H and O–H groups in total. The van der Waals surface area contributed by atoms with Crippen molar-refractivity contribution in [1.29, 1.82) is 0 Å². The monoisotopic (exact) mass is 521 g/mol. The fourth-order valence-electron chi connectivity index (χ4n) is 2.83. The fourth-order valence-corrected chi connectivity index (χ4v) is 4.59. The van der Waals surface area contributed by atoms with Crippen molar-refractivity contribution in [2.45, 2.75) is 13.0 Å². The standard InChI is InChI=1S/C22H20BrNO5S2/c1-27-18-11-14(6-7-17(18)29-13-15-4-3-5-16(23)10-15)12-19-21(26)24(22(30)31-19)9-8-20(25)28-2/h3-7,10-12H,8-9,13H2,1-2H3/b19-12+. The van der Waals surface area contributed by atoms with Gasteiger partial charge in [-0.1, -0.05) is 58.1 Å². The number of nitrogens with zero attached hydrogens (tertiary/aromatic N) is 1. The van der Waals surface area contributed by atoms with E-state index in [0.717, 1.165) is 15.6 Å². The van der Waals surface area contributed by atoms with Crippen LogP contribution in [0.5, 0.6) is 11.5 Å². The number of hydrogen-bond donors (Lipinski definition) is 0. The van der Waals surface area contributed by atoms with Gasteiger partial charge < -0.3 is 14.2 Å². The lowest BCUT2D eigenvalue weighted by atomic mass is 10.1. The van der Waals surface area contributed by atoms with E-state index in [1.807, 2.05) is 30.3 Å². The lowest BCUT2D eigenvalue weighted by Crippen LogP contribution is -2.30. The van der Waals surface area contributed by atoms with E-state index in [9.17, 15) is 9.59 Å². The number of benzene rings is 2. The molecule has 0 unspecified atom stereocenters. The smallest absolute Gasteiger partial charge is 0.307 e. The second-order valence-corrected chi connectivity index (χ2v) is 9.08. The maximum Gasteiger partial charge on any atom is 0.307 e. The minimum atomic E-state index is -0.388. The van der Waals surface area contributed by atoms with Crippen molar-refractivity contribution in [3.63, 3.8) is 0 Å². The van der Waals surface area contributed by atoms with Crippen LogP contribution >= 0.6 is 39.9 Å². The van der Waals surface area contributed by atoms with Crippen LogP contribution in [-0.2, 0) is 20.9 Å². The minimum absolute atomic E-state index is 0.0913. The van der Waals surface area contributed by atoms with Crippen LogP contribution in [0, 0.1) is 0 Å². The Kier molecular flexibility index (Phi) is 8.11. The molecule has 2 aromatic carbocycles. The van der Waals surface area contributed by atoms with Crippen LogP contribution in [0.3, 0.4) is 0 Å². The van der Waals surface area contributed by atoms with E-state index in [4.69, 9.17) is 21.7 Å². The van der Waals surface area contributed by atoms with E-state index in [1.165, 1.54) is 23.8 Å². The molecule has 1 amide bonds. The fraction of sp³-hybridized carbons (Fsp3) is 0.227. The molecule has 0 aliphatic carbocycles. The van der Waals surface area contributed by atoms with Gasteiger partial charge in [-0.25, -0.2) is 0 Å². The number of ether oxygens (including phenoxy) is 3. The van der Waals surface area contributed by atoms with Gasteiger partial charge in [-0.2, -0.15) is 0 Å². The van der Waals surface area contributed by atoms with Gasteiger partial charge in [0.05, 0.1) is 25.5 Å². The van der Waals surface area contributed by atoms with Gasteiger partial charge >= 0.3 is 5.97 Å². The summed E-state index contributed by atoms with van der Waals surface area (Å²) < 4.78 is 17.4. The first-order valence-corrected chi connectivity index (χ1v) is 11.3. The molecule has 0 radical (unpaired) electrons. The molecule has 1 fully saturated rings. The second-order valence-electron chi connectivity index (χ2n) is 6.49. The maximum absolute atomic E-state index is 12.7. The summed E-state index contributed by atoms with van der Waals surface area (Å²) in [7, 11) is 2.88. The first-order chi connectivity index (χ1) is 14.9. The number of carbonyl (C=O) groups excluding carboxylic acids is 2. The zero-order chi connectivity index (χ0) is 22.4. The summed E-state index contributed by atoms with van der Waals surface area (Å²) in [6, 6.07) is 13.3. The Hall–Kier alpha value is -2.36.